The van der Waals surface area contributed by atoms with Crippen molar-refractivity contribution < 1.29 is 44.9 Å². The van der Waals surface area contributed by atoms with Crippen LogP contribution in [0.2, 0.25) is 0 Å². The molecule has 0 bridgehead atoms. The van der Waals surface area contributed by atoms with Crippen LogP contribution in [0.5, 0.6) is 0 Å². The number of hydrogen-bond acceptors (Lipinski definition) is 1. The molecule has 0 saturated heterocycles. The molecule has 0 aliphatic rings. The second-order valence-corrected chi connectivity index (χ2v) is 0.0913. The second kappa shape index (κ2) is 25.5. The molecule has 0 aromatic rings. The van der Waals surface area contributed by atoms with Crippen molar-refractivity contribution in [3.63, 3.8) is 0 Å². The van der Waals surface area contributed by atoms with Gasteiger partial charge >= 0.3 is 29.6 Å². The zero-order chi connectivity index (χ0) is 2.71. The van der Waals surface area contributed by atoms with Crippen LogP contribution in [-0.4, -0.2) is 17.1 Å². The quantitative estimate of drug-likeness (QED) is 0.240. The van der Waals surface area contributed by atoms with Gasteiger partial charge in [0.05, 0.1) is 0 Å². The molecule has 0 radical (unpaired) electrons. The van der Waals surface area contributed by atoms with Gasteiger partial charge in [-0.25, -0.2) is 0 Å². The first-order valence-corrected chi connectivity index (χ1v) is 0.428. The Morgan fingerprint density at radius 1 is 1.60 bits per heavy atom. The first-order valence-electron chi connectivity index (χ1n) is 0.428. The summed E-state index contributed by atoms with van der Waals surface area (Å²) in [6.45, 7) is 0.500. The Labute approximate surface area is 51.6 Å². The monoisotopic (exact) mass is 86.0 g/mol. The van der Waals surface area contributed by atoms with Crippen LogP contribution >= 0.6 is 0 Å². The maximum Gasteiger partial charge on any atom is 1.00 e. The molecule has 0 rings (SSSR count). The van der Waals surface area contributed by atoms with Crippen molar-refractivity contribution in [3.05, 3.63) is 0 Å². The zero-order valence-corrected chi connectivity index (χ0v) is 4.86. The minimum atomic E-state index is 0. The van der Waals surface area contributed by atoms with Crippen LogP contribution in [0.1, 0.15) is 0 Å². The van der Waals surface area contributed by atoms with E-state index in [1.165, 1.54) is 0 Å². The largest absolute Gasteiger partial charge is 1.00 e. The Balaban J connectivity index is -0.0000000200. The van der Waals surface area contributed by atoms with Gasteiger partial charge < -0.3 is 15.4 Å². The molecule has 0 unspecified atom stereocenters. The van der Waals surface area contributed by atoms with Crippen LogP contribution in [0, 0.1) is 0 Å². The van der Waals surface area contributed by atoms with E-state index in [4.69, 9.17) is 9.90 Å². The van der Waals surface area contributed by atoms with Gasteiger partial charge in [-0.1, -0.05) is 6.47 Å². The van der Waals surface area contributed by atoms with Gasteiger partial charge in [0, 0.05) is 0 Å². The fourth-order valence-corrected chi connectivity index (χ4v) is 0. The van der Waals surface area contributed by atoms with E-state index in [0.29, 0.717) is 6.47 Å². The first kappa shape index (κ1) is 18.0. The minimum absolute atomic E-state index is 0. The van der Waals surface area contributed by atoms with Crippen molar-refractivity contribution in [3.8, 4) is 0 Å². The van der Waals surface area contributed by atoms with Gasteiger partial charge in [-0.2, -0.15) is 0 Å². The standard InChI is InChI=1S/CHO2.Na.H2O/c2-1-3;;/h(H,2,3);;1H2/q-1;+1;. The number of aliphatic hydroxyl groups excluding tert-OH is 1. The van der Waals surface area contributed by atoms with Crippen molar-refractivity contribution in [1.82, 2.24) is 0 Å². The Morgan fingerprint density at radius 2 is 1.60 bits per heavy atom. The molecule has 3 N–H and O–H groups in total. The summed E-state index contributed by atoms with van der Waals surface area (Å²) in [6, 6.07) is 0. The first-order chi connectivity index (χ1) is 1.41. The normalized spacial score (nSPS) is 2.40. The smallest absolute Gasteiger partial charge is 0.665 e. The van der Waals surface area contributed by atoms with Gasteiger partial charge in [0.2, 0.25) is 0 Å². The second-order valence-electron chi connectivity index (χ2n) is 0.0913. The Morgan fingerprint density at radius 3 is 1.60 bits per heavy atom. The molecular formula is CH3NaO3. The maximum atomic E-state index is 8.24. The molecule has 0 saturated carbocycles. The summed E-state index contributed by atoms with van der Waals surface area (Å²) >= 11 is 0. The van der Waals surface area contributed by atoms with E-state index in [-0.39, 0.29) is 35.0 Å². The summed E-state index contributed by atoms with van der Waals surface area (Å²) in [5.74, 6) is 0. The third-order valence-corrected chi connectivity index (χ3v) is 0. The molecule has 0 spiro atoms. The Kier molecular flexibility index (Phi) is 92.0. The SMILES string of the molecule is O.O=[C-]O.[Na+]. The molecule has 26 valence electrons. The van der Waals surface area contributed by atoms with Gasteiger partial charge in [0.25, 0.3) is 0 Å². The molecule has 0 aromatic carbocycles. The van der Waals surface area contributed by atoms with Crippen LogP contribution in [0.25, 0.3) is 0 Å². The molecule has 5 heavy (non-hydrogen) atoms. The van der Waals surface area contributed by atoms with E-state index in [9.17, 15) is 0 Å². The van der Waals surface area contributed by atoms with Gasteiger partial charge in [-0.3, -0.25) is 0 Å². The molecular weight excluding hydrogens is 83.0 g/mol. The van der Waals surface area contributed by atoms with Crippen LogP contribution < -0.4 is 29.6 Å². The fourth-order valence-electron chi connectivity index (χ4n) is 0. The molecule has 0 fully saturated rings. The molecule has 0 aliphatic carbocycles. The Bertz CT molecular complexity index is 14.4. The third kappa shape index (κ3) is 141. The number of hydrogen-bond donors (Lipinski definition) is 1. The van der Waals surface area contributed by atoms with Gasteiger partial charge in [-0.05, 0) is 0 Å². The van der Waals surface area contributed by atoms with E-state index in [1.807, 2.05) is 0 Å². The Hall–Kier alpha value is 0.430. The average molecular weight is 86.0 g/mol. The molecule has 0 atom stereocenters. The molecule has 3 nitrogen and oxygen atoms in total. The van der Waals surface area contributed by atoms with Crippen LogP contribution in [0.15, 0.2) is 0 Å². The summed E-state index contributed by atoms with van der Waals surface area (Å²) in [7, 11) is 0. The van der Waals surface area contributed by atoms with Crippen molar-refractivity contribution in [2.75, 3.05) is 0 Å². The van der Waals surface area contributed by atoms with E-state index in [0.717, 1.165) is 0 Å². The summed E-state index contributed by atoms with van der Waals surface area (Å²) in [4.78, 5) is 8.24. The van der Waals surface area contributed by atoms with Gasteiger partial charge in [0.15, 0.2) is 0 Å². The third-order valence-electron chi connectivity index (χ3n) is 0. The maximum absolute atomic E-state index is 8.24. The summed E-state index contributed by atoms with van der Waals surface area (Å²) < 4.78 is 0. The average Bonchev–Trinajstić information content (AvgIpc) is 0.918. The predicted molar refractivity (Wildman–Crippen MR) is 11.9 cm³/mol. The topological polar surface area (TPSA) is 68.8 Å². The summed E-state index contributed by atoms with van der Waals surface area (Å²) in [5.41, 5.74) is 0. The van der Waals surface area contributed by atoms with Crippen molar-refractivity contribution >= 4 is 6.47 Å². The fraction of sp³-hybridized carbons (Fsp3) is 0. The van der Waals surface area contributed by atoms with Crippen LogP contribution in [0.3, 0.4) is 0 Å². The van der Waals surface area contributed by atoms with Gasteiger partial charge in [-0.15, -0.1) is 0 Å². The molecule has 0 amide bonds. The van der Waals surface area contributed by atoms with E-state index in [1.54, 1.807) is 0 Å². The molecule has 0 aromatic heterocycles. The van der Waals surface area contributed by atoms with E-state index in [2.05, 4.69) is 0 Å². The predicted octanol–water partition coefficient (Wildman–Crippen LogP) is -4.21. The molecule has 0 heterocycles. The van der Waals surface area contributed by atoms with Crippen LogP contribution in [-0.2, 0) is 4.79 Å². The van der Waals surface area contributed by atoms with Crippen molar-refractivity contribution in [1.29, 1.82) is 0 Å². The number of rotatable bonds is 0. The molecule has 0 aliphatic heterocycles. The summed E-state index contributed by atoms with van der Waals surface area (Å²) in [6.07, 6.45) is 0. The van der Waals surface area contributed by atoms with E-state index >= 15 is 0 Å². The van der Waals surface area contributed by atoms with Crippen molar-refractivity contribution in [2.24, 2.45) is 0 Å². The minimum Gasteiger partial charge on any atom is -0.665 e. The van der Waals surface area contributed by atoms with Crippen LogP contribution in [0.4, 0.5) is 0 Å². The van der Waals surface area contributed by atoms with Crippen molar-refractivity contribution in [2.45, 2.75) is 0 Å². The molecule has 4 heteroatoms. The van der Waals surface area contributed by atoms with Gasteiger partial charge in [0.1, 0.15) is 0 Å². The summed E-state index contributed by atoms with van der Waals surface area (Å²) in [5, 5.41) is 6.76. The zero-order valence-electron chi connectivity index (χ0n) is 2.86. The van der Waals surface area contributed by atoms with E-state index < -0.39 is 0 Å².